The molecule has 0 aromatic heterocycles. The molecule has 1 N–H and O–H groups in total. The Labute approximate surface area is 90.2 Å². The first kappa shape index (κ1) is 13.7. The first-order chi connectivity index (χ1) is 5.90. The SMILES string of the molecule is CN(C(=O)CS(C)(=O)=O)C1CNC1.Cl. The highest BCUT2D eigenvalue weighted by Crippen LogP contribution is 2.03. The molecule has 1 aliphatic rings. The third-order valence-electron chi connectivity index (χ3n) is 2.09. The fourth-order valence-electron chi connectivity index (χ4n) is 1.08. The van der Waals surface area contributed by atoms with Crippen LogP contribution in [0.25, 0.3) is 0 Å². The van der Waals surface area contributed by atoms with E-state index in [0.717, 1.165) is 19.3 Å². The molecule has 1 saturated heterocycles. The molecule has 0 radical (unpaired) electrons. The van der Waals surface area contributed by atoms with Crippen molar-refractivity contribution >= 4 is 28.2 Å². The standard InChI is InChI=1S/C7H14N2O3S.ClH/c1-9(6-3-8-4-6)7(10)5-13(2,11)12;/h6,8H,3-5H2,1-2H3;1H. The highest BCUT2D eigenvalue weighted by molar-refractivity contribution is 7.91. The van der Waals surface area contributed by atoms with E-state index in [1.807, 2.05) is 0 Å². The Kier molecular flexibility index (Phi) is 4.83. The number of sulfone groups is 1. The lowest BCUT2D eigenvalue weighted by atomic mass is 10.1. The lowest BCUT2D eigenvalue weighted by molar-refractivity contribution is -0.130. The number of halogens is 1. The fourth-order valence-corrected chi connectivity index (χ4v) is 1.73. The summed E-state index contributed by atoms with van der Waals surface area (Å²) in [6.07, 6.45) is 1.07. The smallest absolute Gasteiger partial charge is 0.237 e. The van der Waals surface area contributed by atoms with Crippen molar-refractivity contribution in [1.82, 2.24) is 10.2 Å². The van der Waals surface area contributed by atoms with Crippen molar-refractivity contribution < 1.29 is 13.2 Å². The number of nitrogens with one attached hydrogen (secondary N) is 1. The molecule has 0 saturated carbocycles. The Hall–Kier alpha value is -0.330. The van der Waals surface area contributed by atoms with E-state index in [0.29, 0.717) is 0 Å². The van der Waals surface area contributed by atoms with Crippen molar-refractivity contribution in [2.24, 2.45) is 0 Å². The summed E-state index contributed by atoms with van der Waals surface area (Å²) < 4.78 is 21.6. The molecule has 84 valence electrons. The summed E-state index contributed by atoms with van der Waals surface area (Å²) in [6.45, 7) is 1.51. The first-order valence-corrected chi connectivity index (χ1v) is 6.10. The molecular weight excluding hydrogens is 228 g/mol. The Morgan fingerprint density at radius 1 is 1.50 bits per heavy atom. The number of nitrogens with zero attached hydrogens (tertiary/aromatic N) is 1. The number of rotatable bonds is 3. The quantitative estimate of drug-likeness (QED) is 0.681. The maximum absolute atomic E-state index is 11.3. The average Bonchev–Trinajstić information content (AvgIpc) is 1.78. The number of hydrogen-bond donors (Lipinski definition) is 1. The van der Waals surface area contributed by atoms with Gasteiger partial charge in [-0.3, -0.25) is 4.79 Å². The molecule has 1 amide bonds. The van der Waals surface area contributed by atoms with E-state index in [1.54, 1.807) is 7.05 Å². The number of carbonyl (C=O) groups is 1. The zero-order valence-electron chi connectivity index (χ0n) is 8.19. The summed E-state index contributed by atoms with van der Waals surface area (Å²) in [4.78, 5) is 12.8. The lowest BCUT2D eigenvalue weighted by Gasteiger charge is -2.35. The maximum atomic E-state index is 11.3. The predicted molar refractivity (Wildman–Crippen MR) is 56.4 cm³/mol. The number of carbonyl (C=O) groups excluding carboxylic acids is 1. The van der Waals surface area contributed by atoms with Gasteiger partial charge in [0.15, 0.2) is 9.84 Å². The predicted octanol–water partition coefficient (Wildman–Crippen LogP) is -1.12. The van der Waals surface area contributed by atoms with Gasteiger partial charge < -0.3 is 10.2 Å². The fraction of sp³-hybridized carbons (Fsp3) is 0.857. The molecule has 7 heteroatoms. The van der Waals surface area contributed by atoms with Crippen molar-refractivity contribution in [2.75, 3.05) is 32.1 Å². The van der Waals surface area contributed by atoms with Gasteiger partial charge in [0.05, 0.1) is 6.04 Å². The number of amides is 1. The summed E-state index contributed by atoms with van der Waals surface area (Å²) in [5.74, 6) is -0.714. The molecule has 0 aromatic carbocycles. The molecular formula is C7H15ClN2O3S. The monoisotopic (exact) mass is 242 g/mol. The van der Waals surface area contributed by atoms with Crippen molar-refractivity contribution in [3.63, 3.8) is 0 Å². The summed E-state index contributed by atoms with van der Waals surface area (Å²) >= 11 is 0. The highest BCUT2D eigenvalue weighted by Gasteiger charge is 2.26. The number of hydrogen-bond acceptors (Lipinski definition) is 4. The summed E-state index contributed by atoms with van der Waals surface area (Å²) in [5.41, 5.74) is 0. The van der Waals surface area contributed by atoms with Crippen molar-refractivity contribution in [1.29, 1.82) is 0 Å². The van der Waals surface area contributed by atoms with Gasteiger partial charge in [0.1, 0.15) is 5.75 Å². The van der Waals surface area contributed by atoms with Gasteiger partial charge in [0.2, 0.25) is 5.91 Å². The minimum atomic E-state index is -3.20. The molecule has 1 rings (SSSR count). The van der Waals surface area contributed by atoms with Gasteiger partial charge in [-0.1, -0.05) is 0 Å². The minimum absolute atomic E-state index is 0. The Morgan fingerprint density at radius 3 is 2.29 bits per heavy atom. The van der Waals surface area contributed by atoms with Crippen LogP contribution in [0.5, 0.6) is 0 Å². The molecule has 5 nitrogen and oxygen atoms in total. The normalized spacial score (nSPS) is 16.7. The van der Waals surface area contributed by atoms with E-state index < -0.39 is 9.84 Å². The topological polar surface area (TPSA) is 66.5 Å². The lowest BCUT2D eigenvalue weighted by Crippen LogP contribution is -2.58. The summed E-state index contributed by atoms with van der Waals surface area (Å²) in [5, 5.41) is 3.02. The molecule has 0 aromatic rings. The maximum Gasteiger partial charge on any atom is 0.237 e. The van der Waals surface area contributed by atoms with Gasteiger partial charge >= 0.3 is 0 Å². The van der Waals surface area contributed by atoms with Crippen LogP contribution in [0.2, 0.25) is 0 Å². The molecule has 1 fully saturated rings. The van der Waals surface area contributed by atoms with Crippen LogP contribution in [-0.4, -0.2) is 57.4 Å². The Bertz CT molecular complexity index is 300. The second-order valence-electron chi connectivity index (χ2n) is 3.39. The molecule has 0 spiro atoms. The van der Waals surface area contributed by atoms with Crippen LogP contribution in [0.1, 0.15) is 0 Å². The summed E-state index contributed by atoms with van der Waals surface area (Å²) in [6, 6.07) is 0.161. The zero-order valence-corrected chi connectivity index (χ0v) is 9.82. The van der Waals surface area contributed by atoms with Crippen LogP contribution in [-0.2, 0) is 14.6 Å². The van der Waals surface area contributed by atoms with E-state index in [-0.39, 0.29) is 30.1 Å². The van der Waals surface area contributed by atoms with Gasteiger partial charge in [-0.25, -0.2) is 8.42 Å². The van der Waals surface area contributed by atoms with Gasteiger partial charge in [0.25, 0.3) is 0 Å². The van der Waals surface area contributed by atoms with Crippen LogP contribution in [0.15, 0.2) is 0 Å². The van der Waals surface area contributed by atoms with E-state index in [1.165, 1.54) is 4.90 Å². The first-order valence-electron chi connectivity index (χ1n) is 4.04. The Balaban J connectivity index is 0.00000169. The van der Waals surface area contributed by atoms with Gasteiger partial charge in [-0.15, -0.1) is 12.4 Å². The Morgan fingerprint density at radius 2 is 2.00 bits per heavy atom. The van der Waals surface area contributed by atoms with E-state index in [2.05, 4.69) is 5.32 Å². The molecule has 1 heterocycles. The average molecular weight is 243 g/mol. The van der Waals surface area contributed by atoms with E-state index in [4.69, 9.17) is 0 Å². The second kappa shape index (κ2) is 4.95. The molecule has 0 atom stereocenters. The molecule has 0 bridgehead atoms. The molecule has 0 unspecified atom stereocenters. The summed E-state index contributed by atoms with van der Waals surface area (Å²) in [7, 11) is -1.56. The van der Waals surface area contributed by atoms with Crippen LogP contribution < -0.4 is 5.32 Å². The third-order valence-corrected chi connectivity index (χ3v) is 2.86. The van der Waals surface area contributed by atoms with Crippen LogP contribution >= 0.6 is 12.4 Å². The van der Waals surface area contributed by atoms with Gasteiger partial charge in [-0.2, -0.15) is 0 Å². The number of likely N-dealkylation sites (N-methyl/N-ethyl adjacent to an activating group) is 1. The largest absolute Gasteiger partial charge is 0.339 e. The van der Waals surface area contributed by atoms with E-state index >= 15 is 0 Å². The van der Waals surface area contributed by atoms with E-state index in [9.17, 15) is 13.2 Å². The molecule has 14 heavy (non-hydrogen) atoms. The van der Waals surface area contributed by atoms with Crippen LogP contribution in [0.3, 0.4) is 0 Å². The second-order valence-corrected chi connectivity index (χ2v) is 5.53. The molecule has 1 aliphatic heterocycles. The van der Waals surface area contributed by atoms with Crippen molar-refractivity contribution in [3.8, 4) is 0 Å². The van der Waals surface area contributed by atoms with Gasteiger partial charge in [-0.05, 0) is 0 Å². The van der Waals surface area contributed by atoms with Crippen molar-refractivity contribution in [3.05, 3.63) is 0 Å². The highest BCUT2D eigenvalue weighted by atomic mass is 35.5. The van der Waals surface area contributed by atoms with Crippen molar-refractivity contribution in [2.45, 2.75) is 6.04 Å². The zero-order chi connectivity index (χ0) is 10.1. The third kappa shape index (κ3) is 3.81. The molecule has 0 aliphatic carbocycles. The minimum Gasteiger partial charge on any atom is -0.339 e. The van der Waals surface area contributed by atoms with Gasteiger partial charge in [0, 0.05) is 26.4 Å². The van der Waals surface area contributed by atoms with Crippen LogP contribution in [0.4, 0.5) is 0 Å². The van der Waals surface area contributed by atoms with Crippen LogP contribution in [0, 0.1) is 0 Å².